The molecular weight excluding hydrogens is 491 g/mol. The number of benzene rings is 2. The molecule has 0 aliphatic carbocycles. The number of aromatic nitrogens is 3. The number of nitrogens with zero attached hydrogens (tertiary/aromatic N) is 3. The number of oxazole rings is 1. The second-order valence-electron chi connectivity index (χ2n) is 8.78. The van der Waals surface area contributed by atoms with Gasteiger partial charge in [0.1, 0.15) is 5.69 Å². The van der Waals surface area contributed by atoms with Crippen molar-refractivity contribution in [2.45, 2.75) is 12.6 Å². The van der Waals surface area contributed by atoms with E-state index in [1.54, 1.807) is 23.1 Å². The summed E-state index contributed by atoms with van der Waals surface area (Å²) in [5.41, 5.74) is 1.25. The number of carbonyl (C=O) groups is 2. The minimum atomic E-state index is -4.47. The summed E-state index contributed by atoms with van der Waals surface area (Å²) < 4.78 is 44.0. The topological polar surface area (TPSA) is 115 Å². The summed E-state index contributed by atoms with van der Waals surface area (Å²) in [4.78, 5) is 43.0. The van der Waals surface area contributed by atoms with Crippen molar-refractivity contribution in [3.05, 3.63) is 75.9 Å². The molecule has 2 N–H and O–H groups in total. The first kappa shape index (κ1) is 24.5. The smallest absolute Gasteiger partial charge is 0.408 e. The lowest BCUT2D eigenvalue weighted by molar-refractivity contribution is -0.137. The van der Waals surface area contributed by atoms with Crippen LogP contribution in [0.15, 0.2) is 57.7 Å². The zero-order chi connectivity index (χ0) is 26.2. The van der Waals surface area contributed by atoms with Crippen LogP contribution in [0.2, 0.25) is 0 Å². The Hall–Kier alpha value is -4.19. The van der Waals surface area contributed by atoms with Crippen molar-refractivity contribution in [1.29, 1.82) is 0 Å². The average molecular weight is 513 g/mol. The lowest BCUT2D eigenvalue weighted by atomic mass is 10.1. The Bertz CT molecular complexity index is 1510. The molecule has 1 aliphatic rings. The summed E-state index contributed by atoms with van der Waals surface area (Å²) in [6.45, 7) is 2.52. The summed E-state index contributed by atoms with van der Waals surface area (Å²) in [7, 11) is 0. The number of hydrogen-bond donors (Lipinski definition) is 2. The molecule has 0 atom stereocenters. The number of aromatic amines is 2. The van der Waals surface area contributed by atoms with E-state index < -0.39 is 17.5 Å². The molecule has 1 amide bonds. The first-order valence-corrected chi connectivity index (χ1v) is 11.6. The minimum Gasteiger partial charge on any atom is -0.408 e. The highest BCUT2D eigenvalue weighted by atomic mass is 19.4. The summed E-state index contributed by atoms with van der Waals surface area (Å²) >= 11 is 0. The Labute approximate surface area is 207 Å². The summed E-state index contributed by atoms with van der Waals surface area (Å²) in [5, 5.41) is 6.66. The zero-order valence-corrected chi connectivity index (χ0v) is 19.5. The van der Waals surface area contributed by atoms with Gasteiger partial charge >= 0.3 is 11.9 Å². The van der Waals surface area contributed by atoms with Crippen LogP contribution >= 0.6 is 0 Å². The zero-order valence-electron chi connectivity index (χ0n) is 19.5. The molecule has 1 aliphatic heterocycles. The highest BCUT2D eigenvalue weighted by Gasteiger charge is 2.31. The van der Waals surface area contributed by atoms with Crippen LogP contribution < -0.4 is 5.76 Å². The second kappa shape index (κ2) is 9.69. The van der Waals surface area contributed by atoms with Gasteiger partial charge in [-0.25, -0.2) is 4.79 Å². The number of amides is 1. The molecule has 2 aromatic heterocycles. The Morgan fingerprint density at radius 2 is 1.81 bits per heavy atom. The molecule has 9 nitrogen and oxygen atoms in total. The van der Waals surface area contributed by atoms with Crippen LogP contribution in [0.1, 0.15) is 32.8 Å². The van der Waals surface area contributed by atoms with Crippen molar-refractivity contribution < 1.29 is 27.2 Å². The van der Waals surface area contributed by atoms with Gasteiger partial charge in [0.05, 0.1) is 16.8 Å². The number of H-pyrrole nitrogens is 2. The predicted molar refractivity (Wildman–Crippen MR) is 127 cm³/mol. The first-order valence-electron chi connectivity index (χ1n) is 11.6. The Morgan fingerprint density at radius 1 is 1.03 bits per heavy atom. The lowest BCUT2D eigenvalue weighted by Crippen LogP contribution is -2.49. The summed E-state index contributed by atoms with van der Waals surface area (Å²) in [6, 6.07) is 11.1. The van der Waals surface area contributed by atoms with Crippen LogP contribution in [-0.2, 0) is 6.18 Å². The van der Waals surface area contributed by atoms with Gasteiger partial charge in [0, 0.05) is 50.3 Å². The molecule has 0 radical (unpaired) electrons. The molecule has 0 bridgehead atoms. The third kappa shape index (κ3) is 5.33. The standard InChI is InChI=1S/C25H22F3N5O4/c26-25(27,28)17-3-1-2-15(12-17)19-14-20(31-30-19)23(35)33-10-8-32(9-11-33)7-6-21(34)16-4-5-18-22(13-16)37-24(36)29-18/h1-5,12-14H,6-11H2,(H,29,36)(H,30,31). The molecule has 0 saturated carbocycles. The molecule has 12 heteroatoms. The number of piperazine rings is 1. The molecule has 0 spiro atoms. The van der Waals surface area contributed by atoms with E-state index in [9.17, 15) is 27.6 Å². The third-order valence-electron chi connectivity index (χ3n) is 6.35. The van der Waals surface area contributed by atoms with Crippen molar-refractivity contribution in [3.8, 4) is 11.3 Å². The molecule has 4 aromatic rings. The van der Waals surface area contributed by atoms with Crippen LogP contribution in [0.3, 0.4) is 0 Å². The van der Waals surface area contributed by atoms with Crippen LogP contribution in [0.25, 0.3) is 22.4 Å². The quantitative estimate of drug-likeness (QED) is 0.381. The number of Topliss-reactive ketones (excluding diaryl/α,β-unsaturated/α-hetero) is 1. The van der Waals surface area contributed by atoms with Gasteiger partial charge in [0.25, 0.3) is 5.91 Å². The maximum atomic E-state index is 13.0. The van der Waals surface area contributed by atoms with Crippen LogP contribution in [-0.4, -0.2) is 69.4 Å². The molecule has 0 unspecified atom stereocenters. The van der Waals surface area contributed by atoms with E-state index in [1.807, 2.05) is 0 Å². The molecular formula is C25H22F3N5O4. The largest absolute Gasteiger partial charge is 0.417 e. The molecule has 192 valence electrons. The molecule has 2 aromatic carbocycles. The van der Waals surface area contributed by atoms with E-state index >= 15 is 0 Å². The highest BCUT2D eigenvalue weighted by Crippen LogP contribution is 2.32. The van der Waals surface area contributed by atoms with Gasteiger partial charge in [-0.15, -0.1) is 0 Å². The number of alkyl halides is 3. The molecule has 1 saturated heterocycles. The highest BCUT2D eigenvalue weighted by molar-refractivity contribution is 5.98. The lowest BCUT2D eigenvalue weighted by Gasteiger charge is -2.34. The average Bonchev–Trinajstić information content (AvgIpc) is 3.52. The van der Waals surface area contributed by atoms with E-state index in [4.69, 9.17) is 4.42 Å². The van der Waals surface area contributed by atoms with E-state index in [2.05, 4.69) is 20.1 Å². The van der Waals surface area contributed by atoms with E-state index in [0.717, 1.165) is 12.1 Å². The number of carbonyl (C=O) groups excluding carboxylic acids is 2. The van der Waals surface area contributed by atoms with E-state index in [0.29, 0.717) is 49.4 Å². The summed E-state index contributed by atoms with van der Waals surface area (Å²) in [6.07, 6.45) is -4.20. The fraction of sp³-hybridized carbons (Fsp3) is 0.280. The molecule has 37 heavy (non-hydrogen) atoms. The number of rotatable bonds is 6. The fourth-order valence-corrected chi connectivity index (χ4v) is 4.30. The van der Waals surface area contributed by atoms with Gasteiger partial charge in [-0.2, -0.15) is 18.3 Å². The monoisotopic (exact) mass is 513 g/mol. The van der Waals surface area contributed by atoms with Gasteiger partial charge in [0.2, 0.25) is 0 Å². The number of nitrogens with one attached hydrogen (secondary N) is 2. The molecule has 3 heterocycles. The van der Waals surface area contributed by atoms with Crippen LogP contribution in [0.5, 0.6) is 0 Å². The van der Waals surface area contributed by atoms with Crippen molar-refractivity contribution >= 4 is 22.8 Å². The number of halogens is 3. The van der Waals surface area contributed by atoms with Crippen molar-refractivity contribution in [2.75, 3.05) is 32.7 Å². The molecule has 5 rings (SSSR count). The summed E-state index contributed by atoms with van der Waals surface area (Å²) in [5.74, 6) is -0.944. The minimum absolute atomic E-state index is 0.0798. The number of ketones is 1. The van der Waals surface area contributed by atoms with Crippen molar-refractivity contribution in [3.63, 3.8) is 0 Å². The van der Waals surface area contributed by atoms with Crippen molar-refractivity contribution in [1.82, 2.24) is 25.0 Å². The van der Waals surface area contributed by atoms with Gasteiger partial charge in [0.15, 0.2) is 11.4 Å². The van der Waals surface area contributed by atoms with Gasteiger partial charge in [-0.3, -0.25) is 24.6 Å². The number of fused-ring (bicyclic) bond motifs is 1. The van der Waals surface area contributed by atoms with Gasteiger partial charge < -0.3 is 9.32 Å². The van der Waals surface area contributed by atoms with Crippen LogP contribution in [0.4, 0.5) is 13.2 Å². The number of hydrogen-bond acceptors (Lipinski definition) is 6. The Balaban J connectivity index is 1.14. The predicted octanol–water partition coefficient (Wildman–Crippen LogP) is 3.56. The Morgan fingerprint density at radius 3 is 2.57 bits per heavy atom. The van der Waals surface area contributed by atoms with E-state index in [-0.39, 0.29) is 35.1 Å². The molecule has 1 fully saturated rings. The second-order valence-corrected chi connectivity index (χ2v) is 8.78. The maximum Gasteiger partial charge on any atom is 0.417 e. The third-order valence-corrected chi connectivity index (χ3v) is 6.35. The fourth-order valence-electron chi connectivity index (χ4n) is 4.30. The SMILES string of the molecule is O=C(CCN1CCN(C(=O)c2cc(-c3cccc(C(F)(F)F)c3)n[nH]2)CC1)c1ccc2[nH]c(=O)oc2c1. The maximum absolute atomic E-state index is 13.0. The van der Waals surface area contributed by atoms with E-state index in [1.165, 1.54) is 18.2 Å². The first-order chi connectivity index (χ1) is 17.7. The van der Waals surface area contributed by atoms with Crippen molar-refractivity contribution in [2.24, 2.45) is 0 Å². The normalized spacial score (nSPS) is 14.8. The van der Waals surface area contributed by atoms with Crippen LogP contribution in [0, 0.1) is 0 Å². The Kier molecular flexibility index (Phi) is 6.42. The van der Waals surface area contributed by atoms with Gasteiger partial charge in [-0.1, -0.05) is 12.1 Å². The van der Waals surface area contributed by atoms with Gasteiger partial charge in [-0.05, 0) is 36.4 Å².